The van der Waals surface area contributed by atoms with E-state index in [0.29, 0.717) is 25.2 Å². The molecule has 1 heterocycles. The van der Waals surface area contributed by atoms with E-state index >= 15 is 0 Å². The van der Waals surface area contributed by atoms with Crippen molar-refractivity contribution in [1.29, 1.82) is 0 Å². The minimum Gasteiger partial charge on any atom is -0.483 e. The summed E-state index contributed by atoms with van der Waals surface area (Å²) in [4.78, 5) is 16.7. The van der Waals surface area contributed by atoms with Crippen LogP contribution in [0, 0.1) is 19.7 Å². The van der Waals surface area contributed by atoms with E-state index in [-0.39, 0.29) is 18.3 Å². The second kappa shape index (κ2) is 9.00. The molecule has 0 saturated carbocycles. The Labute approximate surface area is 160 Å². The number of para-hydroxylation sites is 1. The minimum absolute atomic E-state index is 0.00500. The zero-order valence-corrected chi connectivity index (χ0v) is 16.1. The number of ether oxygens (including phenoxy) is 1. The van der Waals surface area contributed by atoms with Crippen LogP contribution in [0.25, 0.3) is 0 Å². The van der Waals surface area contributed by atoms with Gasteiger partial charge in [-0.25, -0.2) is 4.39 Å². The van der Waals surface area contributed by atoms with Gasteiger partial charge in [-0.05, 0) is 37.5 Å². The second-order valence-corrected chi connectivity index (χ2v) is 7.11. The molecule has 1 aliphatic rings. The van der Waals surface area contributed by atoms with Crippen LogP contribution in [0.3, 0.4) is 0 Å². The zero-order valence-electron chi connectivity index (χ0n) is 16.1. The normalized spacial score (nSPS) is 15.4. The third-order valence-electron chi connectivity index (χ3n) is 5.04. The van der Waals surface area contributed by atoms with Crippen LogP contribution in [0.1, 0.15) is 23.1 Å². The van der Waals surface area contributed by atoms with Crippen LogP contribution < -0.4 is 4.74 Å². The maximum absolute atomic E-state index is 13.9. The standard InChI is InChI=1S/C22H27FN2O2/c1-17-7-5-8-18(2)22(17)27-16-21(26)25-12-6-11-24(13-14-25)15-19-9-3-4-10-20(19)23/h3-5,7-10H,6,11-16H2,1-2H3. The third-order valence-corrected chi connectivity index (χ3v) is 5.04. The first-order valence-electron chi connectivity index (χ1n) is 9.47. The monoisotopic (exact) mass is 370 g/mol. The Morgan fingerprint density at radius 1 is 1.00 bits per heavy atom. The van der Waals surface area contributed by atoms with Gasteiger partial charge in [0, 0.05) is 38.3 Å². The van der Waals surface area contributed by atoms with Crippen molar-refractivity contribution < 1.29 is 13.9 Å². The summed E-state index contributed by atoms with van der Waals surface area (Å²) in [6.07, 6.45) is 0.879. The molecule has 2 aromatic rings. The maximum Gasteiger partial charge on any atom is 0.260 e. The molecule has 0 spiro atoms. The van der Waals surface area contributed by atoms with Crippen molar-refractivity contribution in [2.45, 2.75) is 26.8 Å². The first-order valence-corrected chi connectivity index (χ1v) is 9.47. The van der Waals surface area contributed by atoms with Crippen molar-refractivity contribution in [3.05, 3.63) is 65.0 Å². The molecule has 5 heteroatoms. The van der Waals surface area contributed by atoms with Gasteiger partial charge in [-0.3, -0.25) is 9.69 Å². The Morgan fingerprint density at radius 2 is 1.74 bits per heavy atom. The van der Waals surface area contributed by atoms with Crippen LogP contribution in [0.4, 0.5) is 4.39 Å². The molecule has 4 nitrogen and oxygen atoms in total. The minimum atomic E-state index is -0.170. The predicted octanol–water partition coefficient (Wildman–Crippen LogP) is 3.56. The van der Waals surface area contributed by atoms with Crippen LogP contribution in [0.15, 0.2) is 42.5 Å². The number of rotatable bonds is 5. The molecule has 3 rings (SSSR count). The van der Waals surface area contributed by atoms with E-state index in [1.54, 1.807) is 6.07 Å². The molecule has 27 heavy (non-hydrogen) atoms. The largest absolute Gasteiger partial charge is 0.483 e. The van der Waals surface area contributed by atoms with Crippen molar-refractivity contribution in [2.75, 3.05) is 32.8 Å². The number of benzene rings is 2. The topological polar surface area (TPSA) is 32.8 Å². The van der Waals surface area contributed by atoms with E-state index in [2.05, 4.69) is 4.90 Å². The lowest BCUT2D eigenvalue weighted by molar-refractivity contribution is -0.133. The molecule has 1 saturated heterocycles. The SMILES string of the molecule is Cc1cccc(C)c1OCC(=O)N1CCCN(Cc2ccccc2F)CC1. The fourth-order valence-electron chi connectivity index (χ4n) is 3.50. The summed E-state index contributed by atoms with van der Waals surface area (Å²) in [6, 6.07) is 12.8. The molecular weight excluding hydrogens is 343 g/mol. The van der Waals surface area contributed by atoms with Crippen molar-refractivity contribution in [3.8, 4) is 5.75 Å². The highest BCUT2D eigenvalue weighted by Crippen LogP contribution is 2.22. The summed E-state index contributed by atoms with van der Waals surface area (Å²) in [5.74, 6) is 0.629. The fraction of sp³-hybridized carbons (Fsp3) is 0.409. The predicted molar refractivity (Wildman–Crippen MR) is 104 cm³/mol. The molecule has 0 N–H and O–H groups in total. The van der Waals surface area contributed by atoms with Gasteiger partial charge in [-0.2, -0.15) is 0 Å². The van der Waals surface area contributed by atoms with Gasteiger partial charge in [0.2, 0.25) is 0 Å². The Morgan fingerprint density at radius 3 is 2.48 bits per heavy atom. The molecule has 1 aliphatic heterocycles. The van der Waals surface area contributed by atoms with Crippen LogP contribution in [-0.2, 0) is 11.3 Å². The number of aryl methyl sites for hydroxylation is 2. The molecular formula is C22H27FN2O2. The van der Waals surface area contributed by atoms with E-state index in [4.69, 9.17) is 4.74 Å². The van der Waals surface area contributed by atoms with Gasteiger partial charge in [0.15, 0.2) is 6.61 Å². The molecule has 2 aromatic carbocycles. The summed E-state index contributed by atoms with van der Waals surface area (Å²) in [5.41, 5.74) is 2.78. The smallest absolute Gasteiger partial charge is 0.260 e. The average molecular weight is 370 g/mol. The van der Waals surface area contributed by atoms with Gasteiger partial charge in [0.1, 0.15) is 11.6 Å². The lowest BCUT2D eigenvalue weighted by atomic mass is 10.1. The maximum atomic E-state index is 13.9. The van der Waals surface area contributed by atoms with Gasteiger partial charge in [0.05, 0.1) is 0 Å². The highest BCUT2D eigenvalue weighted by atomic mass is 19.1. The van der Waals surface area contributed by atoms with E-state index in [1.807, 2.05) is 49.1 Å². The number of hydrogen-bond acceptors (Lipinski definition) is 3. The van der Waals surface area contributed by atoms with Crippen molar-refractivity contribution in [2.24, 2.45) is 0 Å². The highest BCUT2D eigenvalue weighted by molar-refractivity contribution is 5.77. The average Bonchev–Trinajstić information content (AvgIpc) is 2.89. The third kappa shape index (κ3) is 5.07. The van der Waals surface area contributed by atoms with Gasteiger partial charge in [-0.15, -0.1) is 0 Å². The Balaban J connectivity index is 1.53. The van der Waals surface area contributed by atoms with Gasteiger partial charge < -0.3 is 9.64 Å². The molecule has 0 unspecified atom stereocenters. The van der Waals surface area contributed by atoms with Crippen LogP contribution in [-0.4, -0.2) is 48.5 Å². The number of carbonyl (C=O) groups is 1. The Kier molecular flexibility index (Phi) is 6.45. The zero-order chi connectivity index (χ0) is 19.2. The van der Waals surface area contributed by atoms with E-state index in [9.17, 15) is 9.18 Å². The second-order valence-electron chi connectivity index (χ2n) is 7.11. The number of carbonyl (C=O) groups excluding carboxylic acids is 1. The number of nitrogens with zero attached hydrogens (tertiary/aromatic N) is 2. The summed E-state index contributed by atoms with van der Waals surface area (Å²) >= 11 is 0. The van der Waals surface area contributed by atoms with Crippen molar-refractivity contribution in [1.82, 2.24) is 9.80 Å². The molecule has 0 bridgehead atoms. The van der Waals surface area contributed by atoms with Crippen molar-refractivity contribution >= 4 is 5.91 Å². The van der Waals surface area contributed by atoms with Crippen LogP contribution in [0.2, 0.25) is 0 Å². The van der Waals surface area contributed by atoms with Crippen LogP contribution in [0.5, 0.6) is 5.75 Å². The summed E-state index contributed by atoms with van der Waals surface area (Å²) in [7, 11) is 0. The van der Waals surface area contributed by atoms with Gasteiger partial charge in [-0.1, -0.05) is 36.4 Å². The first-order chi connectivity index (χ1) is 13.0. The van der Waals surface area contributed by atoms with Gasteiger partial charge in [0.25, 0.3) is 5.91 Å². The first kappa shape index (κ1) is 19.4. The molecule has 0 atom stereocenters. The lowest BCUT2D eigenvalue weighted by Crippen LogP contribution is -2.38. The molecule has 1 amide bonds. The molecule has 0 radical (unpaired) electrons. The van der Waals surface area contributed by atoms with Gasteiger partial charge >= 0.3 is 0 Å². The Hall–Kier alpha value is -2.40. The molecule has 1 fully saturated rings. The van der Waals surface area contributed by atoms with E-state index in [1.165, 1.54) is 6.07 Å². The summed E-state index contributed by atoms with van der Waals surface area (Å²) in [5, 5.41) is 0. The number of amides is 1. The van der Waals surface area contributed by atoms with Crippen LogP contribution >= 0.6 is 0 Å². The molecule has 0 aliphatic carbocycles. The lowest BCUT2D eigenvalue weighted by Gasteiger charge is -2.22. The van der Waals surface area contributed by atoms with E-state index in [0.717, 1.165) is 36.4 Å². The highest BCUT2D eigenvalue weighted by Gasteiger charge is 2.20. The number of hydrogen-bond donors (Lipinski definition) is 0. The summed E-state index contributed by atoms with van der Waals surface area (Å²) in [6.45, 7) is 7.55. The Bertz CT molecular complexity index is 773. The number of halogens is 1. The quantitative estimate of drug-likeness (QED) is 0.807. The summed E-state index contributed by atoms with van der Waals surface area (Å²) < 4.78 is 19.7. The van der Waals surface area contributed by atoms with E-state index < -0.39 is 0 Å². The molecule has 144 valence electrons. The fourth-order valence-corrected chi connectivity index (χ4v) is 3.50. The van der Waals surface area contributed by atoms with Crippen molar-refractivity contribution in [3.63, 3.8) is 0 Å². The molecule has 0 aromatic heterocycles.